The first-order valence-electron chi connectivity index (χ1n) is 8.11. The van der Waals surface area contributed by atoms with E-state index in [1.165, 1.54) is 19.2 Å². The molecule has 0 aromatic heterocycles. The summed E-state index contributed by atoms with van der Waals surface area (Å²) in [4.78, 5) is 13.4. The predicted octanol–water partition coefficient (Wildman–Crippen LogP) is 3.80. The van der Waals surface area contributed by atoms with Gasteiger partial charge in [-0.25, -0.2) is 4.79 Å². The summed E-state index contributed by atoms with van der Waals surface area (Å²) < 4.78 is 11.0. The van der Waals surface area contributed by atoms with Gasteiger partial charge in [-0.2, -0.15) is 0 Å². The van der Waals surface area contributed by atoms with E-state index in [0.717, 1.165) is 4.90 Å². The molecule has 0 aliphatic rings. The third kappa shape index (κ3) is 5.66. The van der Waals surface area contributed by atoms with Crippen LogP contribution in [0.5, 0.6) is 5.75 Å². The van der Waals surface area contributed by atoms with Gasteiger partial charge in [0.1, 0.15) is 11.9 Å². The molecule has 1 amide bonds. The summed E-state index contributed by atoms with van der Waals surface area (Å²) in [5.41, 5.74) is 1.28. The number of rotatable bonds is 8. The highest BCUT2D eigenvalue weighted by molar-refractivity contribution is 7.98. The largest absolute Gasteiger partial charge is 0.508 e. The Balaban J connectivity index is 2.13. The molecule has 7 heteroatoms. The number of nitrogens with one attached hydrogen (secondary N) is 1. The zero-order valence-electron chi connectivity index (χ0n) is 14.7. The van der Waals surface area contributed by atoms with Crippen molar-refractivity contribution in [1.82, 2.24) is 0 Å². The third-order valence-corrected chi connectivity index (χ3v) is 4.59. The smallest absolute Gasteiger partial charge is 0.412 e. The van der Waals surface area contributed by atoms with E-state index in [9.17, 15) is 15.0 Å². The number of aliphatic hydroxyl groups is 1. The van der Waals surface area contributed by atoms with Crippen LogP contribution >= 0.6 is 11.8 Å². The Bertz CT molecular complexity index is 690. The van der Waals surface area contributed by atoms with Crippen LogP contribution in [0.15, 0.2) is 53.4 Å². The molecule has 3 N–H and O–H groups in total. The molecule has 2 atom stereocenters. The van der Waals surface area contributed by atoms with E-state index < -0.39 is 18.3 Å². The normalized spacial score (nSPS) is 13.0. The van der Waals surface area contributed by atoms with Crippen molar-refractivity contribution in [3.8, 4) is 5.75 Å². The van der Waals surface area contributed by atoms with Crippen molar-refractivity contribution in [2.45, 2.75) is 23.5 Å². The summed E-state index contributed by atoms with van der Waals surface area (Å²) in [6, 6.07) is 13.7. The maximum Gasteiger partial charge on any atom is 0.412 e. The van der Waals surface area contributed by atoms with Gasteiger partial charge in [-0.3, -0.25) is 5.32 Å². The van der Waals surface area contributed by atoms with Crippen LogP contribution in [0.2, 0.25) is 0 Å². The lowest BCUT2D eigenvalue weighted by atomic mass is 10.0. The molecular formula is C19H23NO5S. The van der Waals surface area contributed by atoms with Gasteiger partial charge in [0.05, 0.1) is 0 Å². The fraction of sp³-hybridized carbons (Fsp3) is 0.316. The lowest BCUT2D eigenvalue weighted by Crippen LogP contribution is -2.28. The maximum atomic E-state index is 12.3. The number of phenolic OH excluding ortho intramolecular Hbond substituents is 1. The Morgan fingerprint density at radius 2 is 1.81 bits per heavy atom. The number of amides is 1. The Hall–Kier alpha value is -2.22. The van der Waals surface area contributed by atoms with Crippen LogP contribution in [-0.4, -0.2) is 42.4 Å². The maximum absolute atomic E-state index is 12.3. The molecule has 0 radical (unpaired) electrons. The fourth-order valence-electron chi connectivity index (χ4n) is 2.48. The number of aromatic hydroxyl groups is 1. The summed E-state index contributed by atoms with van der Waals surface area (Å²) in [6.45, 7) is -0.103. The number of carbonyl (C=O) groups excluding carboxylic acids is 1. The molecule has 6 nitrogen and oxygen atoms in total. The molecule has 0 fully saturated rings. The minimum atomic E-state index is -0.724. The van der Waals surface area contributed by atoms with Crippen LogP contribution in [0.3, 0.4) is 0 Å². The van der Waals surface area contributed by atoms with Crippen LogP contribution in [-0.2, 0) is 9.47 Å². The number of benzene rings is 2. The van der Waals surface area contributed by atoms with Crippen molar-refractivity contribution in [1.29, 1.82) is 0 Å². The average molecular weight is 377 g/mol. The van der Waals surface area contributed by atoms with Crippen molar-refractivity contribution in [3.05, 3.63) is 54.1 Å². The van der Waals surface area contributed by atoms with E-state index in [1.54, 1.807) is 36.0 Å². The minimum absolute atomic E-state index is 0.103. The minimum Gasteiger partial charge on any atom is -0.508 e. The lowest BCUT2D eigenvalue weighted by Gasteiger charge is -2.26. The fourth-order valence-corrected chi connectivity index (χ4v) is 2.89. The Morgan fingerprint density at radius 3 is 2.35 bits per heavy atom. The van der Waals surface area contributed by atoms with Gasteiger partial charge in [0, 0.05) is 30.7 Å². The second-order valence-corrected chi connectivity index (χ2v) is 6.44. The van der Waals surface area contributed by atoms with Crippen LogP contribution in [0.25, 0.3) is 0 Å². The van der Waals surface area contributed by atoms with E-state index in [4.69, 9.17) is 9.47 Å². The van der Waals surface area contributed by atoms with Gasteiger partial charge in [0.15, 0.2) is 6.10 Å². The van der Waals surface area contributed by atoms with Crippen LogP contribution in [0, 0.1) is 0 Å². The Kier molecular flexibility index (Phi) is 7.77. The van der Waals surface area contributed by atoms with Crippen molar-refractivity contribution in [2.75, 3.05) is 25.3 Å². The average Bonchev–Trinajstić information content (AvgIpc) is 2.66. The number of methoxy groups -OCH3 is 1. The van der Waals surface area contributed by atoms with Crippen molar-refractivity contribution in [2.24, 2.45) is 0 Å². The zero-order valence-corrected chi connectivity index (χ0v) is 15.5. The SMILES string of the molecule is CO[C@@H](CCO)[C@@H](OC(=O)Nc1ccc(SC)cc1)c1ccc(O)cc1. The van der Waals surface area contributed by atoms with E-state index in [0.29, 0.717) is 17.7 Å². The molecule has 0 saturated heterocycles. The van der Waals surface area contributed by atoms with Gasteiger partial charge in [-0.15, -0.1) is 11.8 Å². The van der Waals surface area contributed by atoms with Crippen molar-refractivity contribution >= 4 is 23.5 Å². The molecule has 0 aliphatic carbocycles. The molecule has 2 aromatic carbocycles. The van der Waals surface area contributed by atoms with Gasteiger partial charge in [0.25, 0.3) is 0 Å². The number of thioether (sulfide) groups is 1. The second kappa shape index (κ2) is 10.1. The van der Waals surface area contributed by atoms with E-state index in [2.05, 4.69) is 5.32 Å². The highest BCUT2D eigenvalue weighted by Gasteiger charge is 2.27. The lowest BCUT2D eigenvalue weighted by molar-refractivity contribution is -0.0306. The van der Waals surface area contributed by atoms with Gasteiger partial charge in [-0.1, -0.05) is 12.1 Å². The second-order valence-electron chi connectivity index (χ2n) is 5.56. The number of phenols is 1. The molecular weight excluding hydrogens is 354 g/mol. The first-order valence-corrected chi connectivity index (χ1v) is 9.34. The molecule has 2 aromatic rings. The summed E-state index contributed by atoms with van der Waals surface area (Å²) in [6.07, 6.45) is 0.412. The molecule has 0 aliphatic heterocycles. The number of anilines is 1. The van der Waals surface area contributed by atoms with Crippen molar-refractivity contribution < 1.29 is 24.5 Å². The van der Waals surface area contributed by atoms with Crippen LogP contribution < -0.4 is 5.32 Å². The number of ether oxygens (including phenoxy) is 2. The predicted molar refractivity (Wildman–Crippen MR) is 102 cm³/mol. The third-order valence-electron chi connectivity index (χ3n) is 3.85. The van der Waals surface area contributed by atoms with E-state index in [-0.39, 0.29) is 12.4 Å². The highest BCUT2D eigenvalue weighted by Crippen LogP contribution is 2.27. The van der Waals surface area contributed by atoms with Gasteiger partial charge >= 0.3 is 6.09 Å². The molecule has 0 heterocycles. The molecule has 140 valence electrons. The monoisotopic (exact) mass is 377 g/mol. The molecule has 26 heavy (non-hydrogen) atoms. The standard InChI is InChI=1S/C19H23NO5S/c1-24-17(11-12-21)18(13-3-7-15(22)8-4-13)25-19(23)20-14-5-9-16(26-2)10-6-14/h3-10,17-18,21-22H,11-12H2,1-2H3,(H,20,23)/t17-,18-/m0/s1. The van der Waals surface area contributed by atoms with E-state index >= 15 is 0 Å². The first-order chi connectivity index (χ1) is 12.6. The van der Waals surface area contributed by atoms with Crippen LogP contribution in [0.1, 0.15) is 18.1 Å². The molecule has 0 saturated carbocycles. The van der Waals surface area contributed by atoms with Crippen LogP contribution in [0.4, 0.5) is 10.5 Å². The topological polar surface area (TPSA) is 88.0 Å². The summed E-state index contributed by atoms with van der Waals surface area (Å²) in [5.74, 6) is 0.113. The highest BCUT2D eigenvalue weighted by atomic mass is 32.2. The number of hydrogen-bond donors (Lipinski definition) is 3. The van der Waals surface area contributed by atoms with Gasteiger partial charge in [0.2, 0.25) is 0 Å². The number of hydrogen-bond acceptors (Lipinski definition) is 6. The number of aliphatic hydroxyl groups excluding tert-OH is 1. The summed E-state index contributed by atoms with van der Waals surface area (Å²) >= 11 is 1.61. The quantitative estimate of drug-likeness (QED) is 0.607. The van der Waals surface area contributed by atoms with Gasteiger partial charge in [-0.05, 0) is 48.2 Å². The first kappa shape index (κ1) is 20.1. The molecule has 0 unspecified atom stereocenters. The Morgan fingerprint density at radius 1 is 1.15 bits per heavy atom. The summed E-state index contributed by atoms with van der Waals surface area (Å²) in [5, 5.41) is 21.4. The Labute approximate surface area is 157 Å². The van der Waals surface area contributed by atoms with Crippen molar-refractivity contribution in [3.63, 3.8) is 0 Å². The molecule has 0 spiro atoms. The van der Waals surface area contributed by atoms with E-state index in [1.807, 2.05) is 18.4 Å². The zero-order chi connectivity index (χ0) is 18.9. The van der Waals surface area contributed by atoms with Gasteiger partial charge < -0.3 is 19.7 Å². The molecule has 0 bridgehead atoms. The molecule has 2 rings (SSSR count). The summed E-state index contributed by atoms with van der Waals surface area (Å²) in [7, 11) is 1.50. The number of carbonyl (C=O) groups is 1.